The number of rotatable bonds is 2. The Labute approximate surface area is 93.2 Å². The molecule has 1 aliphatic rings. The summed E-state index contributed by atoms with van der Waals surface area (Å²) in [5.41, 5.74) is 0.179. The van der Waals surface area contributed by atoms with Crippen LogP contribution in [0.2, 0.25) is 0 Å². The van der Waals surface area contributed by atoms with Crippen molar-refractivity contribution in [2.75, 3.05) is 19.6 Å². The second-order valence-corrected chi connectivity index (χ2v) is 5.60. The van der Waals surface area contributed by atoms with Gasteiger partial charge < -0.3 is 10.2 Å². The maximum Gasteiger partial charge on any atom is 0.219 e. The number of carbonyl (C=O) groups excluding carboxylic acids is 1. The largest absolute Gasteiger partial charge is 0.343 e. The fourth-order valence-corrected chi connectivity index (χ4v) is 1.97. The van der Waals surface area contributed by atoms with E-state index in [1.165, 1.54) is 6.42 Å². The maximum atomic E-state index is 11.3. The zero-order chi connectivity index (χ0) is 11.5. The van der Waals surface area contributed by atoms with Crippen LogP contribution in [-0.2, 0) is 4.79 Å². The zero-order valence-electron chi connectivity index (χ0n) is 10.5. The van der Waals surface area contributed by atoms with E-state index in [9.17, 15) is 4.79 Å². The first-order chi connectivity index (χ1) is 6.88. The van der Waals surface area contributed by atoms with Gasteiger partial charge >= 0.3 is 0 Å². The van der Waals surface area contributed by atoms with Gasteiger partial charge in [-0.1, -0.05) is 0 Å². The predicted molar refractivity (Wildman–Crippen MR) is 62.7 cm³/mol. The molecule has 0 unspecified atom stereocenters. The first-order valence-electron chi connectivity index (χ1n) is 5.89. The van der Waals surface area contributed by atoms with E-state index in [0.717, 1.165) is 26.1 Å². The summed E-state index contributed by atoms with van der Waals surface area (Å²) in [5, 5.41) is 3.51. The number of piperidine rings is 1. The van der Waals surface area contributed by atoms with Gasteiger partial charge in [0.1, 0.15) is 0 Å². The van der Waals surface area contributed by atoms with Gasteiger partial charge in [-0.15, -0.1) is 0 Å². The Kier molecular flexibility index (Phi) is 4.14. The lowest BCUT2D eigenvalue weighted by Crippen LogP contribution is -2.45. The summed E-state index contributed by atoms with van der Waals surface area (Å²) < 4.78 is 0. The third-order valence-corrected chi connectivity index (χ3v) is 2.89. The minimum atomic E-state index is 0.179. The lowest BCUT2D eigenvalue weighted by Gasteiger charge is -2.34. The van der Waals surface area contributed by atoms with Crippen molar-refractivity contribution in [1.29, 1.82) is 0 Å². The van der Waals surface area contributed by atoms with E-state index in [1.54, 1.807) is 6.92 Å². The molecular formula is C12H24N2O. The van der Waals surface area contributed by atoms with Crippen LogP contribution in [0.15, 0.2) is 0 Å². The highest BCUT2D eigenvalue weighted by Crippen LogP contribution is 2.16. The van der Waals surface area contributed by atoms with Crippen molar-refractivity contribution >= 4 is 5.91 Å². The minimum absolute atomic E-state index is 0.179. The Morgan fingerprint density at radius 1 is 1.47 bits per heavy atom. The highest BCUT2D eigenvalue weighted by Gasteiger charge is 2.22. The molecule has 3 nitrogen and oxygen atoms in total. The number of hydrogen-bond donors (Lipinski definition) is 1. The van der Waals surface area contributed by atoms with Gasteiger partial charge in [0.05, 0.1) is 0 Å². The molecule has 1 atom stereocenters. The van der Waals surface area contributed by atoms with E-state index in [2.05, 4.69) is 26.1 Å². The van der Waals surface area contributed by atoms with Crippen LogP contribution in [0.4, 0.5) is 0 Å². The number of carbonyl (C=O) groups is 1. The van der Waals surface area contributed by atoms with Crippen molar-refractivity contribution in [2.24, 2.45) is 5.92 Å². The lowest BCUT2D eigenvalue weighted by atomic mass is 9.96. The number of nitrogens with zero attached hydrogens (tertiary/aromatic N) is 1. The summed E-state index contributed by atoms with van der Waals surface area (Å²) in [6.07, 6.45) is 2.39. The second-order valence-electron chi connectivity index (χ2n) is 5.60. The molecule has 88 valence electrons. The van der Waals surface area contributed by atoms with Crippen LogP contribution in [0.5, 0.6) is 0 Å². The molecule has 1 N–H and O–H groups in total. The zero-order valence-corrected chi connectivity index (χ0v) is 10.5. The van der Waals surface area contributed by atoms with Gasteiger partial charge in [-0.05, 0) is 39.5 Å². The Balaban J connectivity index is 2.34. The van der Waals surface area contributed by atoms with Gasteiger partial charge in [0.2, 0.25) is 5.91 Å². The van der Waals surface area contributed by atoms with Crippen LogP contribution in [0.25, 0.3) is 0 Å². The molecule has 15 heavy (non-hydrogen) atoms. The van der Waals surface area contributed by atoms with Crippen LogP contribution in [0.3, 0.4) is 0 Å². The van der Waals surface area contributed by atoms with Crippen LogP contribution >= 0.6 is 0 Å². The third kappa shape index (κ3) is 4.65. The molecule has 0 aromatic rings. The molecule has 0 bridgehead atoms. The van der Waals surface area contributed by atoms with Crippen molar-refractivity contribution in [3.05, 3.63) is 0 Å². The Morgan fingerprint density at radius 3 is 2.67 bits per heavy atom. The van der Waals surface area contributed by atoms with Gasteiger partial charge in [0.15, 0.2) is 0 Å². The van der Waals surface area contributed by atoms with Crippen LogP contribution in [-0.4, -0.2) is 36.0 Å². The monoisotopic (exact) mass is 212 g/mol. The van der Waals surface area contributed by atoms with Crippen molar-refractivity contribution in [1.82, 2.24) is 10.2 Å². The Morgan fingerprint density at radius 2 is 2.13 bits per heavy atom. The summed E-state index contributed by atoms with van der Waals surface area (Å²) in [6, 6.07) is 0. The summed E-state index contributed by atoms with van der Waals surface area (Å²) in [7, 11) is 0. The highest BCUT2D eigenvalue weighted by molar-refractivity contribution is 5.73. The molecule has 1 heterocycles. The second kappa shape index (κ2) is 4.97. The minimum Gasteiger partial charge on any atom is -0.343 e. The molecule has 3 heteroatoms. The highest BCUT2D eigenvalue weighted by atomic mass is 16.2. The summed E-state index contributed by atoms with van der Waals surface area (Å²) >= 11 is 0. The van der Waals surface area contributed by atoms with Crippen LogP contribution in [0.1, 0.15) is 40.5 Å². The van der Waals surface area contributed by atoms with E-state index in [1.807, 2.05) is 4.90 Å². The molecule has 1 amide bonds. The van der Waals surface area contributed by atoms with Crippen molar-refractivity contribution < 1.29 is 4.79 Å². The van der Waals surface area contributed by atoms with Crippen molar-refractivity contribution in [2.45, 2.75) is 46.1 Å². The molecule has 0 aromatic heterocycles. The Hall–Kier alpha value is -0.570. The molecule has 1 aliphatic heterocycles. The van der Waals surface area contributed by atoms with Crippen molar-refractivity contribution in [3.63, 3.8) is 0 Å². The molecule has 1 rings (SSSR count). The molecule has 0 radical (unpaired) electrons. The van der Waals surface area contributed by atoms with E-state index in [0.29, 0.717) is 5.92 Å². The van der Waals surface area contributed by atoms with Gasteiger partial charge in [-0.25, -0.2) is 0 Å². The van der Waals surface area contributed by atoms with Gasteiger partial charge in [0, 0.05) is 32.1 Å². The van der Waals surface area contributed by atoms with Gasteiger partial charge in [-0.2, -0.15) is 0 Å². The number of nitrogens with one attached hydrogen (secondary N) is 1. The van der Waals surface area contributed by atoms with Gasteiger partial charge in [0.25, 0.3) is 0 Å². The molecule has 0 aromatic carbocycles. The molecule has 1 saturated heterocycles. The number of likely N-dealkylation sites (tertiary alicyclic amines) is 1. The van der Waals surface area contributed by atoms with Gasteiger partial charge in [-0.3, -0.25) is 4.79 Å². The van der Waals surface area contributed by atoms with Crippen LogP contribution in [0, 0.1) is 5.92 Å². The SMILES string of the molecule is CC(=O)N1CCC[C@@H](CNC(C)(C)C)C1. The molecule has 0 spiro atoms. The summed E-state index contributed by atoms with van der Waals surface area (Å²) in [6.45, 7) is 11.1. The first kappa shape index (κ1) is 12.5. The van der Waals surface area contributed by atoms with E-state index < -0.39 is 0 Å². The predicted octanol–water partition coefficient (Wildman–Crippen LogP) is 1.63. The average Bonchev–Trinajstić information content (AvgIpc) is 2.14. The summed E-state index contributed by atoms with van der Waals surface area (Å²) in [4.78, 5) is 13.2. The quantitative estimate of drug-likeness (QED) is 0.754. The van der Waals surface area contributed by atoms with Crippen LogP contribution < -0.4 is 5.32 Å². The normalized spacial score (nSPS) is 22.9. The Bertz CT molecular complexity index is 220. The topological polar surface area (TPSA) is 32.3 Å². The lowest BCUT2D eigenvalue weighted by molar-refractivity contribution is -0.130. The first-order valence-corrected chi connectivity index (χ1v) is 5.89. The number of hydrogen-bond acceptors (Lipinski definition) is 2. The number of amides is 1. The maximum absolute atomic E-state index is 11.3. The third-order valence-electron chi connectivity index (χ3n) is 2.89. The molecular weight excluding hydrogens is 188 g/mol. The summed E-state index contributed by atoms with van der Waals surface area (Å²) in [5.74, 6) is 0.845. The van der Waals surface area contributed by atoms with E-state index in [4.69, 9.17) is 0 Å². The van der Waals surface area contributed by atoms with E-state index >= 15 is 0 Å². The molecule has 0 saturated carbocycles. The standard InChI is InChI=1S/C12H24N2O/c1-10(15)14-7-5-6-11(9-14)8-13-12(2,3)4/h11,13H,5-9H2,1-4H3/t11-/m0/s1. The molecule has 0 aliphatic carbocycles. The average molecular weight is 212 g/mol. The molecule has 1 fully saturated rings. The van der Waals surface area contributed by atoms with Crippen molar-refractivity contribution in [3.8, 4) is 0 Å². The smallest absolute Gasteiger partial charge is 0.219 e. The fourth-order valence-electron chi connectivity index (χ4n) is 1.97. The van der Waals surface area contributed by atoms with E-state index in [-0.39, 0.29) is 11.4 Å². The fraction of sp³-hybridized carbons (Fsp3) is 0.917.